The molecule has 0 heterocycles. The Labute approximate surface area is 149 Å². The highest BCUT2D eigenvalue weighted by molar-refractivity contribution is 7.92. The van der Waals surface area contributed by atoms with Crippen LogP contribution in [0.1, 0.15) is 22.8 Å². The van der Waals surface area contributed by atoms with Crippen molar-refractivity contribution in [3.63, 3.8) is 0 Å². The summed E-state index contributed by atoms with van der Waals surface area (Å²) in [6.07, 6.45) is -3.36. The molecular formula is C17H17F3N2O3S. The molecule has 2 aromatic rings. The van der Waals surface area contributed by atoms with Crippen molar-refractivity contribution < 1.29 is 26.4 Å². The van der Waals surface area contributed by atoms with E-state index in [1.165, 1.54) is 28.6 Å². The van der Waals surface area contributed by atoms with Crippen molar-refractivity contribution in [2.24, 2.45) is 0 Å². The fraction of sp³-hybridized carbons (Fsp3) is 0.235. The summed E-state index contributed by atoms with van der Waals surface area (Å²) in [5.74, 6) is -0.515. The van der Waals surface area contributed by atoms with Gasteiger partial charge in [-0.05, 0) is 55.5 Å². The van der Waals surface area contributed by atoms with Gasteiger partial charge in [0.2, 0.25) is 10.0 Å². The number of carbonyl (C=O) groups excluding carboxylic acids is 1. The molecule has 0 saturated carbocycles. The van der Waals surface area contributed by atoms with Crippen LogP contribution in [0, 0.1) is 0 Å². The SMILES string of the molecule is CCN(c1ccc(C(=O)Nc2ccc(C(F)(F)F)cc2)cc1)S(C)(=O)=O. The summed E-state index contributed by atoms with van der Waals surface area (Å²) in [7, 11) is -3.42. The lowest BCUT2D eigenvalue weighted by atomic mass is 10.1. The van der Waals surface area contributed by atoms with Gasteiger partial charge in [0.05, 0.1) is 17.5 Å². The van der Waals surface area contributed by atoms with Gasteiger partial charge in [-0.15, -0.1) is 0 Å². The first-order valence-electron chi connectivity index (χ1n) is 7.58. The predicted molar refractivity (Wildman–Crippen MR) is 93.7 cm³/mol. The quantitative estimate of drug-likeness (QED) is 0.851. The minimum absolute atomic E-state index is 0.221. The minimum atomic E-state index is -4.44. The van der Waals surface area contributed by atoms with Crippen molar-refractivity contribution in [2.45, 2.75) is 13.1 Å². The maximum absolute atomic E-state index is 12.5. The molecule has 0 fully saturated rings. The van der Waals surface area contributed by atoms with Crippen molar-refractivity contribution in [3.8, 4) is 0 Å². The smallest absolute Gasteiger partial charge is 0.322 e. The van der Waals surface area contributed by atoms with Gasteiger partial charge < -0.3 is 5.32 Å². The molecule has 0 aliphatic carbocycles. The van der Waals surface area contributed by atoms with Gasteiger partial charge in [-0.3, -0.25) is 9.10 Å². The summed E-state index contributed by atoms with van der Waals surface area (Å²) in [6, 6.07) is 9.96. The number of halogens is 3. The zero-order chi connectivity index (χ0) is 19.5. The largest absolute Gasteiger partial charge is 0.416 e. The molecule has 1 N–H and O–H groups in total. The van der Waals surface area contributed by atoms with Crippen LogP contribution < -0.4 is 9.62 Å². The predicted octanol–water partition coefficient (Wildman–Crippen LogP) is 3.74. The Bertz CT molecular complexity index is 877. The van der Waals surface area contributed by atoms with Gasteiger partial charge in [0.1, 0.15) is 0 Å². The van der Waals surface area contributed by atoms with E-state index < -0.39 is 27.7 Å². The van der Waals surface area contributed by atoms with E-state index in [9.17, 15) is 26.4 Å². The lowest BCUT2D eigenvalue weighted by molar-refractivity contribution is -0.137. The molecule has 140 valence electrons. The van der Waals surface area contributed by atoms with E-state index in [1.54, 1.807) is 6.92 Å². The van der Waals surface area contributed by atoms with Crippen LogP contribution in [0.2, 0.25) is 0 Å². The van der Waals surface area contributed by atoms with Crippen molar-refractivity contribution in [1.82, 2.24) is 0 Å². The molecule has 0 unspecified atom stereocenters. The van der Waals surface area contributed by atoms with Crippen LogP contribution in [0.4, 0.5) is 24.5 Å². The Morgan fingerprint density at radius 1 is 1.04 bits per heavy atom. The number of sulfonamides is 1. The molecule has 0 bridgehead atoms. The Hall–Kier alpha value is -2.55. The van der Waals surface area contributed by atoms with Crippen LogP contribution in [0.25, 0.3) is 0 Å². The summed E-state index contributed by atoms with van der Waals surface area (Å²) < 4.78 is 62.1. The number of hydrogen-bond acceptors (Lipinski definition) is 3. The Kier molecular flexibility index (Phi) is 5.60. The number of nitrogens with zero attached hydrogens (tertiary/aromatic N) is 1. The second kappa shape index (κ2) is 7.36. The van der Waals surface area contributed by atoms with Crippen molar-refractivity contribution in [2.75, 3.05) is 22.4 Å². The van der Waals surface area contributed by atoms with Gasteiger partial charge in [-0.1, -0.05) is 0 Å². The highest BCUT2D eigenvalue weighted by Crippen LogP contribution is 2.30. The molecule has 9 heteroatoms. The minimum Gasteiger partial charge on any atom is -0.322 e. The number of anilines is 2. The van der Waals surface area contributed by atoms with E-state index in [1.807, 2.05) is 0 Å². The first kappa shape index (κ1) is 19.8. The van der Waals surface area contributed by atoms with Gasteiger partial charge in [-0.2, -0.15) is 13.2 Å². The highest BCUT2D eigenvalue weighted by atomic mass is 32.2. The lowest BCUT2D eigenvalue weighted by Gasteiger charge is -2.20. The number of carbonyl (C=O) groups is 1. The van der Waals surface area contributed by atoms with E-state index in [0.29, 0.717) is 5.69 Å². The molecule has 5 nitrogen and oxygen atoms in total. The Morgan fingerprint density at radius 2 is 1.58 bits per heavy atom. The molecule has 26 heavy (non-hydrogen) atoms. The van der Waals surface area contributed by atoms with Gasteiger partial charge in [0.15, 0.2) is 0 Å². The Morgan fingerprint density at radius 3 is 2.00 bits per heavy atom. The number of nitrogens with one attached hydrogen (secondary N) is 1. The average molecular weight is 386 g/mol. The molecule has 0 aliphatic heterocycles. The van der Waals surface area contributed by atoms with Crippen molar-refractivity contribution in [1.29, 1.82) is 0 Å². The van der Waals surface area contributed by atoms with Crippen molar-refractivity contribution >= 4 is 27.3 Å². The number of benzene rings is 2. The zero-order valence-electron chi connectivity index (χ0n) is 14.0. The lowest BCUT2D eigenvalue weighted by Crippen LogP contribution is -2.29. The zero-order valence-corrected chi connectivity index (χ0v) is 14.9. The second-order valence-corrected chi connectivity index (χ2v) is 7.41. The van der Waals surface area contributed by atoms with Gasteiger partial charge in [0, 0.05) is 17.8 Å². The van der Waals surface area contributed by atoms with Gasteiger partial charge in [-0.25, -0.2) is 8.42 Å². The maximum atomic E-state index is 12.5. The summed E-state index contributed by atoms with van der Waals surface area (Å²) in [4.78, 5) is 12.2. The normalized spacial score (nSPS) is 11.9. The molecular weight excluding hydrogens is 369 g/mol. The van der Waals surface area contributed by atoms with Crippen LogP contribution in [0.15, 0.2) is 48.5 Å². The molecule has 0 aliphatic rings. The number of hydrogen-bond donors (Lipinski definition) is 1. The molecule has 2 rings (SSSR count). The molecule has 0 atom stereocenters. The number of amides is 1. The van der Waals surface area contributed by atoms with Crippen LogP contribution in [-0.4, -0.2) is 27.1 Å². The van der Waals surface area contributed by atoms with Crippen LogP contribution in [0.3, 0.4) is 0 Å². The van der Waals surface area contributed by atoms with Crippen LogP contribution >= 0.6 is 0 Å². The highest BCUT2D eigenvalue weighted by Gasteiger charge is 2.30. The fourth-order valence-electron chi connectivity index (χ4n) is 2.33. The molecule has 0 aromatic heterocycles. The van der Waals surface area contributed by atoms with Gasteiger partial charge >= 0.3 is 6.18 Å². The van der Waals surface area contributed by atoms with E-state index in [0.717, 1.165) is 30.5 Å². The Balaban J connectivity index is 2.13. The third-order valence-electron chi connectivity index (χ3n) is 3.58. The van der Waals surface area contributed by atoms with E-state index in [2.05, 4.69) is 5.32 Å². The molecule has 0 spiro atoms. The standard InChI is InChI=1S/C17H17F3N2O3S/c1-3-22(26(2,24)25)15-10-4-12(5-11-15)16(23)21-14-8-6-13(7-9-14)17(18,19)20/h4-11H,3H2,1-2H3,(H,21,23). The van der Waals surface area contributed by atoms with Crippen LogP contribution in [-0.2, 0) is 16.2 Å². The van der Waals surface area contributed by atoms with E-state index in [4.69, 9.17) is 0 Å². The summed E-state index contributed by atoms with van der Waals surface area (Å²) >= 11 is 0. The third-order valence-corrected chi connectivity index (χ3v) is 4.84. The molecule has 0 radical (unpaired) electrons. The van der Waals surface area contributed by atoms with Gasteiger partial charge in [0.25, 0.3) is 5.91 Å². The summed E-state index contributed by atoms with van der Waals surface area (Å²) in [5.41, 5.74) is 0.0814. The summed E-state index contributed by atoms with van der Waals surface area (Å²) in [5, 5.41) is 2.49. The first-order chi connectivity index (χ1) is 12.0. The maximum Gasteiger partial charge on any atom is 0.416 e. The molecule has 1 amide bonds. The third kappa shape index (κ3) is 4.75. The topological polar surface area (TPSA) is 66.5 Å². The van der Waals surface area contributed by atoms with Crippen LogP contribution in [0.5, 0.6) is 0 Å². The number of alkyl halides is 3. The monoisotopic (exact) mass is 386 g/mol. The average Bonchev–Trinajstić information content (AvgIpc) is 2.54. The number of rotatable bonds is 5. The van der Waals surface area contributed by atoms with E-state index >= 15 is 0 Å². The van der Waals surface area contributed by atoms with Crippen molar-refractivity contribution in [3.05, 3.63) is 59.7 Å². The first-order valence-corrected chi connectivity index (χ1v) is 9.43. The van der Waals surface area contributed by atoms with E-state index in [-0.39, 0.29) is 17.8 Å². The second-order valence-electron chi connectivity index (χ2n) is 5.50. The summed E-state index contributed by atoms with van der Waals surface area (Å²) in [6.45, 7) is 1.93. The fourth-order valence-corrected chi connectivity index (χ4v) is 3.31. The molecule has 2 aromatic carbocycles. The molecule has 0 saturated heterocycles.